The molecule has 1 aliphatic rings. The fourth-order valence-corrected chi connectivity index (χ4v) is 2.05. The number of nitrogens with one attached hydrogen (secondary N) is 1. The smallest absolute Gasteiger partial charge is 0.140 e. The average Bonchev–Trinajstić information content (AvgIpc) is 2.34. The van der Waals surface area contributed by atoms with E-state index in [0.717, 1.165) is 25.4 Å². The average molecular weight is 236 g/mol. The Morgan fingerprint density at radius 3 is 3.12 bits per heavy atom. The molecule has 5 heteroatoms. The summed E-state index contributed by atoms with van der Waals surface area (Å²) in [7, 11) is 0. The van der Waals surface area contributed by atoms with Gasteiger partial charge in [-0.05, 0) is 26.0 Å². The van der Waals surface area contributed by atoms with Gasteiger partial charge in [0, 0.05) is 19.1 Å². The summed E-state index contributed by atoms with van der Waals surface area (Å²) in [5, 5.41) is 0. The van der Waals surface area contributed by atoms with Crippen LogP contribution in [0.1, 0.15) is 19.5 Å². The van der Waals surface area contributed by atoms with Crippen molar-refractivity contribution in [3.63, 3.8) is 0 Å². The number of morpholine rings is 1. The Kier molecular flexibility index (Phi) is 3.93. The first-order valence-electron chi connectivity index (χ1n) is 5.97. The van der Waals surface area contributed by atoms with Crippen LogP contribution in [0.3, 0.4) is 0 Å². The molecule has 0 saturated carbocycles. The molecule has 0 amide bonds. The van der Waals surface area contributed by atoms with Gasteiger partial charge < -0.3 is 10.2 Å². The minimum atomic E-state index is 0.294. The van der Waals surface area contributed by atoms with Gasteiger partial charge in [0.1, 0.15) is 5.82 Å². The summed E-state index contributed by atoms with van der Waals surface area (Å²) in [5.41, 5.74) is 3.60. The molecule has 2 heterocycles. The number of hydrazine groups is 1. The van der Waals surface area contributed by atoms with E-state index in [1.807, 2.05) is 18.2 Å². The van der Waals surface area contributed by atoms with E-state index in [2.05, 4.69) is 29.2 Å². The summed E-state index contributed by atoms with van der Waals surface area (Å²) < 4.78 is 5.61. The van der Waals surface area contributed by atoms with E-state index >= 15 is 0 Å². The number of aromatic nitrogens is 1. The van der Waals surface area contributed by atoms with Gasteiger partial charge in [-0.1, -0.05) is 6.07 Å². The van der Waals surface area contributed by atoms with E-state index in [0.29, 0.717) is 18.0 Å². The van der Waals surface area contributed by atoms with E-state index in [4.69, 9.17) is 10.6 Å². The molecule has 5 nitrogen and oxygen atoms in total. The number of pyridine rings is 1. The summed E-state index contributed by atoms with van der Waals surface area (Å²) in [5.74, 6) is 6.06. The molecular weight excluding hydrogens is 216 g/mol. The maximum Gasteiger partial charge on any atom is 0.140 e. The first-order chi connectivity index (χ1) is 8.19. The monoisotopic (exact) mass is 236 g/mol. The predicted molar refractivity (Wildman–Crippen MR) is 67.3 cm³/mol. The number of anilines is 1. The molecule has 0 radical (unpaired) electrons. The summed E-state index contributed by atoms with van der Waals surface area (Å²) in [6, 6.07) is 6.27. The first kappa shape index (κ1) is 12.3. The van der Waals surface area contributed by atoms with E-state index < -0.39 is 0 Å². The Bertz CT molecular complexity index is 371. The molecule has 0 aliphatic carbocycles. The molecule has 2 unspecified atom stereocenters. The first-order valence-corrected chi connectivity index (χ1v) is 5.97. The quantitative estimate of drug-likeness (QED) is 0.605. The SMILES string of the molecule is CC1CN(Cc2cccc(NN)n2)C(C)CO1. The van der Waals surface area contributed by atoms with Gasteiger partial charge in [0.15, 0.2) is 0 Å². The van der Waals surface area contributed by atoms with E-state index in [-0.39, 0.29) is 0 Å². The van der Waals surface area contributed by atoms with Crippen molar-refractivity contribution in [2.75, 3.05) is 18.6 Å². The van der Waals surface area contributed by atoms with Crippen LogP contribution >= 0.6 is 0 Å². The third kappa shape index (κ3) is 3.15. The molecular formula is C12H20N4O. The minimum absolute atomic E-state index is 0.294. The molecule has 1 aromatic heterocycles. The molecule has 0 aromatic carbocycles. The van der Waals surface area contributed by atoms with Gasteiger partial charge in [-0.3, -0.25) is 4.90 Å². The molecule has 0 spiro atoms. The number of ether oxygens (including phenoxy) is 1. The van der Waals surface area contributed by atoms with Crippen molar-refractivity contribution in [1.82, 2.24) is 9.88 Å². The summed E-state index contributed by atoms with van der Waals surface area (Å²) in [6.45, 7) is 6.85. The number of hydrogen-bond donors (Lipinski definition) is 2. The zero-order valence-electron chi connectivity index (χ0n) is 10.4. The second-order valence-electron chi connectivity index (χ2n) is 4.58. The zero-order valence-corrected chi connectivity index (χ0v) is 10.4. The normalized spacial score (nSPS) is 25.8. The molecule has 1 fully saturated rings. The molecule has 94 valence electrons. The van der Waals surface area contributed by atoms with Gasteiger partial charge in [-0.2, -0.15) is 0 Å². The van der Waals surface area contributed by atoms with Crippen molar-refractivity contribution in [3.8, 4) is 0 Å². The molecule has 1 saturated heterocycles. The molecule has 17 heavy (non-hydrogen) atoms. The van der Waals surface area contributed by atoms with Crippen LogP contribution in [0.25, 0.3) is 0 Å². The Morgan fingerprint density at radius 1 is 1.53 bits per heavy atom. The minimum Gasteiger partial charge on any atom is -0.376 e. The van der Waals surface area contributed by atoms with Gasteiger partial charge >= 0.3 is 0 Å². The van der Waals surface area contributed by atoms with Crippen molar-refractivity contribution in [1.29, 1.82) is 0 Å². The summed E-state index contributed by atoms with van der Waals surface area (Å²) >= 11 is 0. The lowest BCUT2D eigenvalue weighted by atomic mass is 10.2. The Morgan fingerprint density at radius 2 is 2.35 bits per heavy atom. The molecule has 1 aromatic rings. The van der Waals surface area contributed by atoms with Crippen molar-refractivity contribution in [3.05, 3.63) is 23.9 Å². The maximum atomic E-state index is 5.61. The fourth-order valence-electron chi connectivity index (χ4n) is 2.05. The van der Waals surface area contributed by atoms with E-state index in [1.54, 1.807) is 0 Å². The molecule has 3 N–H and O–H groups in total. The van der Waals surface area contributed by atoms with Crippen LogP contribution in [0.4, 0.5) is 5.82 Å². The molecule has 2 rings (SSSR count). The fraction of sp³-hybridized carbons (Fsp3) is 0.583. The summed E-state index contributed by atoms with van der Waals surface area (Å²) in [6.07, 6.45) is 0.294. The molecule has 0 bridgehead atoms. The van der Waals surface area contributed by atoms with E-state index in [1.165, 1.54) is 0 Å². The largest absolute Gasteiger partial charge is 0.376 e. The second kappa shape index (κ2) is 5.44. The van der Waals surface area contributed by atoms with Crippen molar-refractivity contribution in [2.24, 2.45) is 5.84 Å². The van der Waals surface area contributed by atoms with Crippen LogP contribution in [0.5, 0.6) is 0 Å². The highest BCUT2D eigenvalue weighted by molar-refractivity contribution is 5.33. The highest BCUT2D eigenvalue weighted by atomic mass is 16.5. The van der Waals surface area contributed by atoms with Crippen LogP contribution < -0.4 is 11.3 Å². The predicted octanol–water partition coefficient (Wildman–Crippen LogP) is 0.976. The number of nitrogen functional groups attached to an aromatic ring is 1. The third-order valence-corrected chi connectivity index (χ3v) is 3.06. The van der Waals surface area contributed by atoms with Crippen molar-refractivity contribution in [2.45, 2.75) is 32.5 Å². The van der Waals surface area contributed by atoms with Gasteiger partial charge in [0.05, 0.1) is 18.4 Å². The lowest BCUT2D eigenvalue weighted by molar-refractivity contribution is -0.0530. The van der Waals surface area contributed by atoms with Crippen LogP contribution in [0.15, 0.2) is 18.2 Å². The zero-order chi connectivity index (χ0) is 12.3. The molecule has 1 aliphatic heterocycles. The van der Waals surface area contributed by atoms with Gasteiger partial charge in [0.25, 0.3) is 0 Å². The highest BCUT2D eigenvalue weighted by Gasteiger charge is 2.23. The summed E-state index contributed by atoms with van der Waals surface area (Å²) in [4.78, 5) is 6.81. The topological polar surface area (TPSA) is 63.4 Å². The Hall–Kier alpha value is -1.17. The highest BCUT2D eigenvalue weighted by Crippen LogP contribution is 2.15. The van der Waals surface area contributed by atoms with Crippen LogP contribution in [0, 0.1) is 0 Å². The van der Waals surface area contributed by atoms with Crippen LogP contribution in [-0.4, -0.2) is 35.2 Å². The Labute approximate surface area is 102 Å². The van der Waals surface area contributed by atoms with E-state index in [9.17, 15) is 0 Å². The standard InChI is InChI=1S/C12H20N4O/c1-9-8-17-10(2)6-16(9)7-11-4-3-5-12(14-11)15-13/h3-5,9-10H,6-8,13H2,1-2H3,(H,14,15). The van der Waals surface area contributed by atoms with Gasteiger partial charge in [-0.15, -0.1) is 0 Å². The van der Waals surface area contributed by atoms with Crippen molar-refractivity contribution < 1.29 is 4.74 Å². The maximum absolute atomic E-state index is 5.61. The lowest BCUT2D eigenvalue weighted by Crippen LogP contribution is -2.46. The number of hydrogen-bond acceptors (Lipinski definition) is 5. The van der Waals surface area contributed by atoms with Crippen molar-refractivity contribution >= 4 is 5.82 Å². The van der Waals surface area contributed by atoms with Gasteiger partial charge in [-0.25, -0.2) is 10.8 Å². The Balaban J connectivity index is 2.03. The van der Waals surface area contributed by atoms with Crippen LogP contribution in [0.2, 0.25) is 0 Å². The molecule has 2 atom stereocenters. The lowest BCUT2D eigenvalue weighted by Gasteiger charge is -2.36. The van der Waals surface area contributed by atoms with Crippen LogP contribution in [-0.2, 0) is 11.3 Å². The third-order valence-electron chi connectivity index (χ3n) is 3.06. The second-order valence-corrected chi connectivity index (χ2v) is 4.58. The van der Waals surface area contributed by atoms with Gasteiger partial charge in [0.2, 0.25) is 0 Å². The number of nitrogens with zero attached hydrogens (tertiary/aromatic N) is 2. The number of rotatable bonds is 3. The number of nitrogens with two attached hydrogens (primary N) is 1.